The third kappa shape index (κ3) is 4.39. The van der Waals surface area contributed by atoms with Gasteiger partial charge in [-0.05, 0) is 24.8 Å². The van der Waals surface area contributed by atoms with Crippen LogP contribution in [0.2, 0.25) is 0 Å². The number of hydrogen-bond donors (Lipinski definition) is 0. The molecular formula is C15H20N2O3S. The molecule has 21 heavy (non-hydrogen) atoms. The lowest BCUT2D eigenvalue weighted by atomic mass is 9.96. The molecule has 0 saturated carbocycles. The van der Waals surface area contributed by atoms with Crippen molar-refractivity contribution in [1.29, 1.82) is 0 Å². The highest BCUT2D eigenvalue weighted by Gasteiger charge is 2.24. The van der Waals surface area contributed by atoms with Gasteiger partial charge in [-0.3, -0.25) is 4.79 Å². The summed E-state index contributed by atoms with van der Waals surface area (Å²) in [7, 11) is 0. The second kappa shape index (κ2) is 6.39. The van der Waals surface area contributed by atoms with Gasteiger partial charge in [-0.2, -0.15) is 4.98 Å². The van der Waals surface area contributed by atoms with Gasteiger partial charge in [-0.1, -0.05) is 32.0 Å². The maximum Gasteiger partial charge on any atom is 0.306 e. The number of esters is 1. The Kier molecular flexibility index (Phi) is 4.77. The van der Waals surface area contributed by atoms with E-state index in [-0.39, 0.29) is 11.4 Å². The lowest BCUT2D eigenvalue weighted by Crippen LogP contribution is -2.14. The van der Waals surface area contributed by atoms with Gasteiger partial charge in [-0.15, -0.1) is 11.3 Å². The number of aromatic nitrogens is 2. The van der Waals surface area contributed by atoms with Crippen molar-refractivity contribution in [3.8, 4) is 0 Å². The summed E-state index contributed by atoms with van der Waals surface area (Å²) in [6, 6.07) is 3.98. The molecule has 0 aliphatic rings. The minimum atomic E-state index is -0.524. The average molecular weight is 308 g/mol. The first kappa shape index (κ1) is 15.7. The third-order valence-corrected chi connectivity index (χ3v) is 3.86. The fourth-order valence-electron chi connectivity index (χ4n) is 1.69. The Labute approximate surface area is 128 Å². The predicted octanol–water partition coefficient (Wildman–Crippen LogP) is 3.67. The molecule has 1 atom stereocenters. The number of nitrogens with zero attached hydrogens (tertiary/aromatic N) is 2. The zero-order valence-corrected chi connectivity index (χ0v) is 13.6. The minimum Gasteiger partial charge on any atom is -0.453 e. The summed E-state index contributed by atoms with van der Waals surface area (Å²) in [5.41, 5.74) is -0.190. The van der Waals surface area contributed by atoms with Crippen LogP contribution in [0, 0.1) is 0 Å². The number of thiophene rings is 1. The molecule has 0 fully saturated rings. The first-order chi connectivity index (χ1) is 9.86. The van der Waals surface area contributed by atoms with Crippen molar-refractivity contribution in [3.63, 3.8) is 0 Å². The van der Waals surface area contributed by atoms with E-state index < -0.39 is 6.10 Å². The Balaban J connectivity index is 1.87. The molecule has 0 bridgehead atoms. The molecule has 0 saturated heterocycles. The molecule has 2 aromatic heterocycles. The summed E-state index contributed by atoms with van der Waals surface area (Å²) in [5.74, 6) is 0.690. The van der Waals surface area contributed by atoms with E-state index in [1.807, 2.05) is 38.3 Å². The molecule has 1 unspecified atom stereocenters. The van der Waals surface area contributed by atoms with Gasteiger partial charge in [0.05, 0.1) is 6.42 Å². The van der Waals surface area contributed by atoms with Crippen molar-refractivity contribution < 1.29 is 14.1 Å². The van der Waals surface area contributed by atoms with Crippen LogP contribution >= 0.6 is 11.3 Å². The summed E-state index contributed by atoms with van der Waals surface area (Å²) in [4.78, 5) is 17.3. The summed E-state index contributed by atoms with van der Waals surface area (Å²) in [6.45, 7) is 7.74. The zero-order valence-electron chi connectivity index (χ0n) is 12.8. The van der Waals surface area contributed by atoms with Crippen molar-refractivity contribution in [1.82, 2.24) is 10.1 Å². The fraction of sp³-hybridized carbons (Fsp3) is 0.533. The quantitative estimate of drug-likeness (QED) is 0.789. The Morgan fingerprint density at radius 1 is 1.48 bits per heavy atom. The molecule has 0 spiro atoms. The molecule has 2 heterocycles. The van der Waals surface area contributed by atoms with Crippen LogP contribution in [0.15, 0.2) is 22.0 Å². The average Bonchev–Trinajstić information content (AvgIpc) is 3.07. The molecule has 0 N–H and O–H groups in total. The van der Waals surface area contributed by atoms with Crippen LogP contribution < -0.4 is 0 Å². The van der Waals surface area contributed by atoms with Gasteiger partial charge < -0.3 is 9.26 Å². The second-order valence-corrected chi connectivity index (χ2v) is 6.95. The van der Waals surface area contributed by atoms with Crippen LogP contribution in [0.25, 0.3) is 0 Å². The number of carbonyl (C=O) groups excluding carboxylic acids is 1. The van der Waals surface area contributed by atoms with Crippen molar-refractivity contribution in [2.75, 3.05) is 0 Å². The van der Waals surface area contributed by atoms with Crippen LogP contribution in [-0.2, 0) is 21.4 Å². The Morgan fingerprint density at radius 2 is 2.24 bits per heavy atom. The predicted molar refractivity (Wildman–Crippen MR) is 80.1 cm³/mol. The van der Waals surface area contributed by atoms with Crippen molar-refractivity contribution in [2.24, 2.45) is 0 Å². The molecule has 5 nitrogen and oxygen atoms in total. The summed E-state index contributed by atoms with van der Waals surface area (Å²) in [5, 5.41) is 5.92. The number of rotatable bonds is 5. The minimum absolute atomic E-state index is 0.190. The van der Waals surface area contributed by atoms with E-state index in [2.05, 4.69) is 10.1 Å². The van der Waals surface area contributed by atoms with Gasteiger partial charge >= 0.3 is 5.97 Å². The number of ether oxygens (including phenoxy) is 1. The van der Waals surface area contributed by atoms with E-state index in [9.17, 15) is 4.79 Å². The number of carbonyl (C=O) groups is 1. The molecule has 2 rings (SSSR count). The molecule has 0 aliphatic heterocycles. The van der Waals surface area contributed by atoms with Crippen LogP contribution in [0.5, 0.6) is 0 Å². The van der Waals surface area contributed by atoms with Crippen molar-refractivity contribution in [2.45, 2.75) is 52.1 Å². The topological polar surface area (TPSA) is 65.2 Å². The van der Waals surface area contributed by atoms with Gasteiger partial charge in [-0.25, -0.2) is 0 Å². The van der Waals surface area contributed by atoms with Crippen LogP contribution in [0.1, 0.15) is 56.8 Å². The van der Waals surface area contributed by atoms with E-state index in [1.165, 1.54) is 4.88 Å². The Hall–Kier alpha value is -1.69. The number of hydrogen-bond acceptors (Lipinski definition) is 6. The van der Waals surface area contributed by atoms with Gasteiger partial charge in [0.15, 0.2) is 11.9 Å². The Morgan fingerprint density at radius 3 is 2.81 bits per heavy atom. The highest BCUT2D eigenvalue weighted by Crippen LogP contribution is 2.22. The van der Waals surface area contributed by atoms with E-state index in [0.717, 1.165) is 0 Å². The zero-order chi connectivity index (χ0) is 15.5. The third-order valence-electron chi connectivity index (χ3n) is 2.92. The first-order valence-electron chi connectivity index (χ1n) is 6.92. The van der Waals surface area contributed by atoms with Gasteiger partial charge in [0, 0.05) is 10.3 Å². The largest absolute Gasteiger partial charge is 0.453 e. The summed E-state index contributed by atoms with van der Waals surface area (Å²) in [6.07, 6.45) is 0.523. The standard InChI is InChI=1S/C15H20N2O3S/c1-10(13-16-14(17-20-13)15(2,3)4)19-12(18)8-7-11-6-5-9-21-11/h5-6,9-10H,7-8H2,1-4H3. The van der Waals surface area contributed by atoms with Crippen LogP contribution in [0.3, 0.4) is 0 Å². The molecular weight excluding hydrogens is 288 g/mol. The lowest BCUT2D eigenvalue weighted by Gasteiger charge is -2.11. The normalized spacial score (nSPS) is 13.1. The molecule has 6 heteroatoms. The van der Waals surface area contributed by atoms with E-state index in [1.54, 1.807) is 18.3 Å². The van der Waals surface area contributed by atoms with Gasteiger partial charge in [0.2, 0.25) is 0 Å². The molecule has 0 aliphatic carbocycles. The monoisotopic (exact) mass is 308 g/mol. The fourth-order valence-corrected chi connectivity index (χ4v) is 2.40. The van der Waals surface area contributed by atoms with E-state index >= 15 is 0 Å². The number of aryl methyl sites for hydroxylation is 1. The molecule has 0 radical (unpaired) electrons. The van der Waals surface area contributed by atoms with Crippen LogP contribution in [0.4, 0.5) is 0 Å². The lowest BCUT2D eigenvalue weighted by molar-refractivity contribution is -0.149. The van der Waals surface area contributed by atoms with Gasteiger partial charge in [0.25, 0.3) is 5.89 Å². The van der Waals surface area contributed by atoms with Crippen LogP contribution in [-0.4, -0.2) is 16.1 Å². The molecule has 0 amide bonds. The molecule has 114 valence electrons. The summed E-state index contributed by atoms with van der Waals surface area (Å²) >= 11 is 1.64. The second-order valence-electron chi connectivity index (χ2n) is 5.92. The maximum atomic E-state index is 11.8. The molecule has 0 aromatic carbocycles. The van der Waals surface area contributed by atoms with E-state index in [4.69, 9.17) is 9.26 Å². The smallest absolute Gasteiger partial charge is 0.306 e. The highest BCUT2D eigenvalue weighted by molar-refractivity contribution is 7.09. The summed E-state index contributed by atoms with van der Waals surface area (Å²) < 4.78 is 10.5. The molecule has 2 aromatic rings. The van der Waals surface area contributed by atoms with Crippen molar-refractivity contribution in [3.05, 3.63) is 34.1 Å². The van der Waals surface area contributed by atoms with Crippen molar-refractivity contribution >= 4 is 17.3 Å². The Bertz CT molecular complexity index is 584. The highest BCUT2D eigenvalue weighted by atomic mass is 32.1. The first-order valence-corrected chi connectivity index (χ1v) is 7.80. The van der Waals surface area contributed by atoms with E-state index in [0.29, 0.717) is 24.6 Å². The van der Waals surface area contributed by atoms with Gasteiger partial charge in [0.1, 0.15) is 0 Å². The SMILES string of the molecule is CC(OC(=O)CCc1cccs1)c1nc(C(C)(C)C)no1. The maximum absolute atomic E-state index is 11.8.